The predicted molar refractivity (Wildman–Crippen MR) is 174 cm³/mol. The molecule has 4 rings (SSSR count). The number of benzene rings is 2. The molecule has 45 heavy (non-hydrogen) atoms. The SMILES string of the molecule is CC[C@H]1CNC[C@H](CCc2c(F)cccc2NC(=O)[C@@H](C)C(c2ccc(Cl)cc2)C2CCOCC2)N1S(C)(=O)=O.COC(N)=O. The molecule has 2 fully saturated rings. The van der Waals surface area contributed by atoms with Gasteiger partial charge in [-0.1, -0.05) is 43.6 Å². The van der Waals surface area contributed by atoms with E-state index in [4.69, 9.17) is 16.3 Å². The number of carbonyl (C=O) groups is 2. The number of halogens is 2. The van der Waals surface area contributed by atoms with Crippen LogP contribution in [0.15, 0.2) is 42.5 Å². The van der Waals surface area contributed by atoms with Crippen LogP contribution in [0.3, 0.4) is 0 Å². The van der Waals surface area contributed by atoms with Crippen molar-refractivity contribution in [1.82, 2.24) is 9.62 Å². The first kappa shape index (κ1) is 36.7. The van der Waals surface area contributed by atoms with Gasteiger partial charge in [-0.3, -0.25) is 4.79 Å². The maximum atomic E-state index is 15.2. The first-order valence-electron chi connectivity index (χ1n) is 15.3. The molecule has 2 saturated heterocycles. The highest BCUT2D eigenvalue weighted by Crippen LogP contribution is 2.39. The van der Waals surface area contributed by atoms with Gasteiger partial charge in [0.2, 0.25) is 15.9 Å². The van der Waals surface area contributed by atoms with Gasteiger partial charge in [0, 0.05) is 60.6 Å². The van der Waals surface area contributed by atoms with Crippen molar-refractivity contribution in [3.8, 4) is 0 Å². The third-order valence-corrected chi connectivity index (χ3v) is 10.2. The van der Waals surface area contributed by atoms with Gasteiger partial charge in [0.1, 0.15) is 5.82 Å². The molecular weight excluding hydrogens is 623 g/mol. The van der Waals surface area contributed by atoms with Gasteiger partial charge in [-0.25, -0.2) is 17.6 Å². The Labute approximate surface area is 271 Å². The van der Waals surface area contributed by atoms with Crippen LogP contribution in [0.5, 0.6) is 0 Å². The summed E-state index contributed by atoms with van der Waals surface area (Å²) < 4.78 is 51.4. The summed E-state index contributed by atoms with van der Waals surface area (Å²) in [5.41, 5.74) is 6.30. The average molecular weight is 669 g/mol. The quantitative estimate of drug-likeness (QED) is 0.327. The van der Waals surface area contributed by atoms with Crippen LogP contribution in [-0.4, -0.2) is 76.5 Å². The highest BCUT2D eigenvalue weighted by Gasteiger charge is 2.36. The summed E-state index contributed by atoms with van der Waals surface area (Å²) in [4.78, 5) is 23.1. The molecule has 2 amide bonds. The fourth-order valence-corrected chi connectivity index (χ4v) is 7.98. The molecule has 1 unspecified atom stereocenters. The molecule has 0 aromatic heterocycles. The molecule has 2 aliphatic rings. The molecule has 0 bridgehead atoms. The van der Waals surface area contributed by atoms with Gasteiger partial charge >= 0.3 is 6.09 Å². The number of amides is 2. The average Bonchev–Trinajstić information content (AvgIpc) is 3.01. The minimum absolute atomic E-state index is 0.0409. The van der Waals surface area contributed by atoms with Gasteiger partial charge < -0.3 is 25.8 Å². The zero-order valence-corrected chi connectivity index (χ0v) is 28.0. The van der Waals surface area contributed by atoms with E-state index in [0.717, 1.165) is 18.4 Å². The van der Waals surface area contributed by atoms with E-state index in [-0.39, 0.29) is 35.7 Å². The van der Waals surface area contributed by atoms with Crippen LogP contribution >= 0.6 is 11.6 Å². The van der Waals surface area contributed by atoms with E-state index in [9.17, 15) is 18.0 Å². The molecule has 0 radical (unpaired) electrons. The molecule has 2 aliphatic heterocycles. The molecule has 2 aromatic rings. The first-order chi connectivity index (χ1) is 21.4. The Kier molecular flexibility index (Phi) is 14.1. The van der Waals surface area contributed by atoms with Crippen LogP contribution in [-0.2, 0) is 30.7 Å². The Hall–Kier alpha value is -2.77. The number of rotatable bonds is 10. The van der Waals surface area contributed by atoms with E-state index >= 15 is 4.39 Å². The molecule has 2 heterocycles. The fourth-order valence-electron chi connectivity index (χ4n) is 6.37. The Morgan fingerprint density at radius 3 is 2.36 bits per heavy atom. The van der Waals surface area contributed by atoms with Crippen molar-refractivity contribution in [2.45, 2.75) is 64.0 Å². The summed E-state index contributed by atoms with van der Waals surface area (Å²) in [6.07, 6.45) is 3.64. The summed E-state index contributed by atoms with van der Waals surface area (Å²) in [7, 11) is -2.20. The third kappa shape index (κ3) is 10.4. The summed E-state index contributed by atoms with van der Waals surface area (Å²) in [5, 5.41) is 6.99. The maximum absolute atomic E-state index is 15.2. The van der Waals surface area contributed by atoms with Crippen molar-refractivity contribution in [2.24, 2.45) is 17.6 Å². The number of hydrogen-bond donors (Lipinski definition) is 3. The smallest absolute Gasteiger partial charge is 0.404 e. The lowest BCUT2D eigenvalue weighted by atomic mass is 9.74. The Balaban J connectivity index is 0.00000102. The van der Waals surface area contributed by atoms with Crippen LogP contribution in [0.4, 0.5) is 14.9 Å². The van der Waals surface area contributed by atoms with E-state index in [1.807, 2.05) is 38.1 Å². The second-order valence-corrected chi connectivity index (χ2v) is 13.9. The van der Waals surface area contributed by atoms with Crippen molar-refractivity contribution in [3.05, 3.63) is 64.4 Å². The second-order valence-electron chi connectivity index (χ2n) is 11.6. The van der Waals surface area contributed by atoms with Gasteiger partial charge in [0.05, 0.1) is 13.4 Å². The van der Waals surface area contributed by atoms with Crippen LogP contribution < -0.4 is 16.4 Å². The van der Waals surface area contributed by atoms with E-state index in [1.54, 1.807) is 16.4 Å². The predicted octanol–water partition coefficient (Wildman–Crippen LogP) is 4.92. The van der Waals surface area contributed by atoms with Crippen LogP contribution in [0.1, 0.15) is 56.6 Å². The number of carbonyl (C=O) groups excluding carboxylic acids is 2. The highest BCUT2D eigenvalue weighted by molar-refractivity contribution is 7.88. The Bertz CT molecular complexity index is 1370. The summed E-state index contributed by atoms with van der Waals surface area (Å²) in [6.45, 7) is 6.32. The van der Waals surface area contributed by atoms with Crippen molar-refractivity contribution in [1.29, 1.82) is 0 Å². The van der Waals surface area contributed by atoms with Crippen LogP contribution in [0.2, 0.25) is 5.02 Å². The lowest BCUT2D eigenvalue weighted by Gasteiger charge is -2.40. The second kappa shape index (κ2) is 17.2. The number of ether oxygens (including phenoxy) is 2. The lowest BCUT2D eigenvalue weighted by Crippen LogP contribution is -2.58. The number of piperazine rings is 1. The number of methoxy groups -OCH3 is 1. The van der Waals surface area contributed by atoms with E-state index in [2.05, 4.69) is 21.1 Å². The summed E-state index contributed by atoms with van der Waals surface area (Å²) in [5.74, 6) is -0.739. The molecule has 4 N–H and O–H groups in total. The van der Waals surface area contributed by atoms with E-state index < -0.39 is 21.9 Å². The van der Waals surface area contributed by atoms with Crippen molar-refractivity contribution in [3.63, 3.8) is 0 Å². The molecule has 0 saturated carbocycles. The number of primary amides is 1. The van der Waals surface area contributed by atoms with Gasteiger partial charge in [-0.2, -0.15) is 4.31 Å². The number of anilines is 1. The number of hydrogen-bond acceptors (Lipinski definition) is 7. The molecular formula is C32H46ClFN4O6S. The van der Waals surface area contributed by atoms with Gasteiger partial charge in [-0.05, 0) is 73.8 Å². The number of nitrogens with zero attached hydrogens (tertiary/aromatic N) is 1. The van der Waals surface area contributed by atoms with Gasteiger partial charge in [0.25, 0.3) is 0 Å². The van der Waals surface area contributed by atoms with Gasteiger partial charge in [-0.15, -0.1) is 0 Å². The zero-order chi connectivity index (χ0) is 33.1. The van der Waals surface area contributed by atoms with Gasteiger partial charge in [0.15, 0.2) is 0 Å². The van der Waals surface area contributed by atoms with Crippen molar-refractivity contribution >= 4 is 39.3 Å². The maximum Gasteiger partial charge on any atom is 0.404 e. The molecule has 4 atom stereocenters. The minimum atomic E-state index is -3.43. The molecule has 13 heteroatoms. The summed E-state index contributed by atoms with van der Waals surface area (Å²) in [6, 6.07) is 11.9. The Morgan fingerprint density at radius 2 is 1.78 bits per heavy atom. The van der Waals surface area contributed by atoms with E-state index in [1.165, 1.54) is 19.4 Å². The largest absolute Gasteiger partial charge is 0.453 e. The Morgan fingerprint density at radius 1 is 1.16 bits per heavy atom. The fraction of sp³-hybridized carbons (Fsp3) is 0.562. The number of nitrogens with two attached hydrogens (primary N) is 1. The molecule has 250 valence electrons. The lowest BCUT2D eigenvalue weighted by molar-refractivity contribution is -0.120. The standard InChI is InChI=1S/C30H41ClFN3O4S.C2H5NO2/c1-4-24-18-33-19-25(35(24)40(3,37)38)12-13-26-27(32)6-5-7-28(26)34-30(36)20(2)29(22-14-16-39-17-15-22)21-8-10-23(31)11-9-21;1-5-2(3)4/h5-11,20,22,24-25,29,33H,4,12-19H2,1-3H3,(H,34,36);1H3,(H2,3,4)/t20-,24-,25-,29?;/m0./s1. The third-order valence-electron chi connectivity index (χ3n) is 8.62. The first-order valence-corrected chi connectivity index (χ1v) is 17.5. The van der Waals surface area contributed by atoms with Crippen LogP contribution in [0, 0.1) is 17.7 Å². The topological polar surface area (TPSA) is 140 Å². The normalized spacial score (nSPS) is 20.8. The summed E-state index contributed by atoms with van der Waals surface area (Å²) >= 11 is 6.14. The molecule has 0 spiro atoms. The number of nitrogens with one attached hydrogen (secondary N) is 2. The van der Waals surface area contributed by atoms with E-state index in [0.29, 0.717) is 61.8 Å². The number of sulfonamides is 1. The van der Waals surface area contributed by atoms with Crippen molar-refractivity contribution < 1.29 is 31.9 Å². The monoisotopic (exact) mass is 668 g/mol. The van der Waals surface area contributed by atoms with Crippen molar-refractivity contribution in [2.75, 3.05) is 45.0 Å². The minimum Gasteiger partial charge on any atom is -0.453 e. The highest BCUT2D eigenvalue weighted by atomic mass is 35.5. The zero-order valence-electron chi connectivity index (χ0n) is 26.4. The molecule has 0 aliphatic carbocycles. The van der Waals surface area contributed by atoms with Crippen LogP contribution in [0.25, 0.3) is 0 Å². The molecule has 10 nitrogen and oxygen atoms in total. The molecule has 2 aromatic carbocycles.